The molecule has 0 atom stereocenters. The van der Waals surface area contributed by atoms with E-state index in [1.165, 1.54) is 13.0 Å². The van der Waals surface area contributed by atoms with Crippen LogP contribution in [-0.4, -0.2) is 22.0 Å². The Morgan fingerprint density at radius 1 is 1.25 bits per heavy atom. The fourth-order valence-corrected chi connectivity index (χ4v) is 1.84. The molecule has 0 aliphatic rings. The van der Waals surface area contributed by atoms with Crippen LogP contribution in [0.1, 0.15) is 17.4 Å². The van der Waals surface area contributed by atoms with Crippen LogP contribution in [0.5, 0.6) is 0 Å². The molecule has 0 spiro atoms. The number of rotatable bonds is 3. The van der Waals surface area contributed by atoms with E-state index in [4.69, 9.17) is 5.73 Å². The molecule has 0 unspecified atom stereocenters. The Morgan fingerprint density at radius 3 is 2.65 bits per heavy atom. The van der Waals surface area contributed by atoms with Crippen LogP contribution in [0.25, 0.3) is 11.1 Å². The fraction of sp³-hybridized carbons (Fsp3) is 0.0714. The number of carbonyl (C=O) groups excluding carboxylic acids is 1. The number of carboxylic acid groups (broad SMARTS) is 1. The summed E-state index contributed by atoms with van der Waals surface area (Å²) in [7, 11) is 0. The van der Waals surface area contributed by atoms with Gasteiger partial charge in [0.2, 0.25) is 5.91 Å². The molecule has 1 aromatic heterocycles. The summed E-state index contributed by atoms with van der Waals surface area (Å²) in [6, 6.07) is 10.00. The molecule has 20 heavy (non-hydrogen) atoms. The number of anilines is 2. The molecule has 1 heterocycles. The van der Waals surface area contributed by atoms with Gasteiger partial charge in [0.25, 0.3) is 0 Å². The smallest absolute Gasteiger partial charge is 0.355 e. The summed E-state index contributed by atoms with van der Waals surface area (Å²) in [6.45, 7) is 1.40. The van der Waals surface area contributed by atoms with Crippen molar-refractivity contribution in [3.63, 3.8) is 0 Å². The Balaban J connectivity index is 2.51. The van der Waals surface area contributed by atoms with E-state index < -0.39 is 5.97 Å². The van der Waals surface area contributed by atoms with Gasteiger partial charge in [0.15, 0.2) is 5.69 Å². The molecule has 1 aromatic carbocycles. The van der Waals surface area contributed by atoms with Gasteiger partial charge >= 0.3 is 5.97 Å². The zero-order valence-corrected chi connectivity index (χ0v) is 10.8. The van der Waals surface area contributed by atoms with Crippen molar-refractivity contribution >= 4 is 23.4 Å². The molecule has 6 heteroatoms. The zero-order chi connectivity index (χ0) is 14.7. The summed E-state index contributed by atoms with van der Waals surface area (Å²) >= 11 is 0. The minimum absolute atomic E-state index is 0.120. The maximum absolute atomic E-state index is 11.2. The minimum Gasteiger partial charge on any atom is -0.476 e. The van der Waals surface area contributed by atoms with Crippen LogP contribution in [0.3, 0.4) is 0 Å². The van der Waals surface area contributed by atoms with E-state index in [-0.39, 0.29) is 17.4 Å². The van der Waals surface area contributed by atoms with Crippen LogP contribution < -0.4 is 11.1 Å². The van der Waals surface area contributed by atoms with Crippen molar-refractivity contribution in [1.29, 1.82) is 0 Å². The van der Waals surface area contributed by atoms with Crippen molar-refractivity contribution < 1.29 is 14.7 Å². The molecule has 0 saturated carbocycles. The number of hydrogen-bond donors (Lipinski definition) is 3. The molecular formula is C14H13N3O3. The third kappa shape index (κ3) is 2.92. The number of aromatic carboxylic acids is 1. The number of amides is 1. The van der Waals surface area contributed by atoms with Crippen LogP contribution in [0.15, 0.2) is 36.4 Å². The van der Waals surface area contributed by atoms with E-state index >= 15 is 0 Å². The molecule has 0 radical (unpaired) electrons. The van der Waals surface area contributed by atoms with Crippen molar-refractivity contribution in [1.82, 2.24) is 4.98 Å². The quantitative estimate of drug-likeness (QED) is 0.791. The first-order valence-corrected chi connectivity index (χ1v) is 5.85. The highest BCUT2D eigenvalue weighted by molar-refractivity contribution is 5.95. The van der Waals surface area contributed by atoms with Crippen molar-refractivity contribution in [3.05, 3.63) is 42.1 Å². The van der Waals surface area contributed by atoms with Gasteiger partial charge in [-0.3, -0.25) is 4.79 Å². The van der Waals surface area contributed by atoms with Crippen LogP contribution in [-0.2, 0) is 4.79 Å². The van der Waals surface area contributed by atoms with Crippen LogP contribution in [0.2, 0.25) is 0 Å². The van der Waals surface area contributed by atoms with E-state index in [9.17, 15) is 14.7 Å². The number of nitrogens with one attached hydrogen (secondary N) is 1. The fourth-order valence-electron chi connectivity index (χ4n) is 1.84. The van der Waals surface area contributed by atoms with Gasteiger partial charge in [-0.2, -0.15) is 0 Å². The molecule has 4 N–H and O–H groups in total. The van der Waals surface area contributed by atoms with E-state index in [0.717, 1.165) is 0 Å². The highest BCUT2D eigenvalue weighted by Gasteiger charge is 2.14. The summed E-state index contributed by atoms with van der Waals surface area (Å²) in [5, 5.41) is 11.8. The molecule has 0 bridgehead atoms. The molecule has 0 aliphatic heterocycles. The Kier molecular flexibility index (Phi) is 3.65. The third-order valence-corrected chi connectivity index (χ3v) is 2.61. The summed E-state index contributed by atoms with van der Waals surface area (Å²) in [6.07, 6.45) is 0. The largest absolute Gasteiger partial charge is 0.476 e. The Morgan fingerprint density at radius 2 is 2.00 bits per heavy atom. The number of nitrogens with zero attached hydrogens (tertiary/aromatic N) is 1. The second-order valence-electron chi connectivity index (χ2n) is 4.20. The Hall–Kier alpha value is -2.89. The average Bonchev–Trinajstić information content (AvgIpc) is 2.38. The van der Waals surface area contributed by atoms with Crippen molar-refractivity contribution in [2.75, 3.05) is 11.1 Å². The van der Waals surface area contributed by atoms with Crippen LogP contribution in [0.4, 0.5) is 11.5 Å². The van der Waals surface area contributed by atoms with Crippen LogP contribution >= 0.6 is 0 Å². The highest BCUT2D eigenvalue weighted by atomic mass is 16.4. The molecule has 6 nitrogen and oxygen atoms in total. The van der Waals surface area contributed by atoms with Gasteiger partial charge in [0, 0.05) is 18.2 Å². The zero-order valence-electron chi connectivity index (χ0n) is 10.8. The lowest BCUT2D eigenvalue weighted by Gasteiger charge is -2.08. The molecule has 0 aliphatic carbocycles. The first-order valence-electron chi connectivity index (χ1n) is 5.85. The van der Waals surface area contributed by atoms with Gasteiger partial charge in [0.1, 0.15) is 5.82 Å². The first kappa shape index (κ1) is 13.5. The predicted octanol–water partition coefficient (Wildman–Crippen LogP) is 1.99. The normalized spacial score (nSPS) is 10.1. The molecule has 1 amide bonds. The summed E-state index contributed by atoms with van der Waals surface area (Å²) in [5.74, 6) is -1.21. The number of aromatic nitrogens is 1. The van der Waals surface area contributed by atoms with Gasteiger partial charge in [0.05, 0.1) is 0 Å². The van der Waals surface area contributed by atoms with Gasteiger partial charge in [-0.15, -0.1) is 0 Å². The number of hydrogen-bond acceptors (Lipinski definition) is 4. The van der Waals surface area contributed by atoms with E-state index in [2.05, 4.69) is 10.3 Å². The number of carboxylic acids is 1. The Labute approximate surface area is 115 Å². The lowest BCUT2D eigenvalue weighted by atomic mass is 10.0. The summed E-state index contributed by atoms with van der Waals surface area (Å²) in [4.78, 5) is 26.1. The second kappa shape index (κ2) is 5.40. The molecule has 2 aromatic rings. The Bertz CT molecular complexity index is 683. The first-order chi connectivity index (χ1) is 9.47. The van der Waals surface area contributed by atoms with E-state index in [1.54, 1.807) is 30.3 Å². The maximum atomic E-state index is 11.2. The predicted molar refractivity (Wildman–Crippen MR) is 75.3 cm³/mol. The van der Waals surface area contributed by atoms with Crippen LogP contribution in [0, 0.1) is 0 Å². The minimum atomic E-state index is -1.16. The van der Waals surface area contributed by atoms with Crippen molar-refractivity contribution in [2.24, 2.45) is 0 Å². The standard InChI is InChI=1S/C14H13N3O3/c1-8(18)16-10-4-2-3-9(7-10)11-5-6-12(15)17-13(11)14(19)20/h2-7H,1H3,(H2,15,17)(H,16,18)(H,19,20). The van der Waals surface area contributed by atoms with E-state index in [1.807, 2.05) is 0 Å². The number of pyridine rings is 1. The second-order valence-corrected chi connectivity index (χ2v) is 4.20. The van der Waals surface area contributed by atoms with E-state index in [0.29, 0.717) is 16.8 Å². The lowest BCUT2D eigenvalue weighted by Crippen LogP contribution is -2.07. The molecular weight excluding hydrogens is 258 g/mol. The topological polar surface area (TPSA) is 105 Å². The maximum Gasteiger partial charge on any atom is 0.355 e. The third-order valence-electron chi connectivity index (χ3n) is 2.61. The van der Waals surface area contributed by atoms with Crippen molar-refractivity contribution in [2.45, 2.75) is 6.92 Å². The number of carbonyl (C=O) groups is 2. The lowest BCUT2D eigenvalue weighted by molar-refractivity contribution is -0.114. The van der Waals surface area contributed by atoms with Crippen molar-refractivity contribution in [3.8, 4) is 11.1 Å². The molecule has 2 rings (SSSR count). The van der Waals surface area contributed by atoms with Gasteiger partial charge in [-0.25, -0.2) is 9.78 Å². The monoisotopic (exact) mass is 271 g/mol. The number of benzene rings is 1. The molecule has 0 saturated heterocycles. The van der Waals surface area contributed by atoms with Gasteiger partial charge < -0.3 is 16.2 Å². The highest BCUT2D eigenvalue weighted by Crippen LogP contribution is 2.26. The molecule has 0 fully saturated rings. The molecule has 102 valence electrons. The van der Waals surface area contributed by atoms with Gasteiger partial charge in [-0.05, 0) is 29.8 Å². The van der Waals surface area contributed by atoms with Gasteiger partial charge in [-0.1, -0.05) is 12.1 Å². The SMILES string of the molecule is CC(=O)Nc1cccc(-c2ccc(N)nc2C(=O)O)c1. The summed E-state index contributed by atoms with van der Waals surface area (Å²) < 4.78 is 0. The number of nitrogens with two attached hydrogens (primary N) is 1. The summed E-state index contributed by atoms with van der Waals surface area (Å²) in [5.41, 5.74) is 7.06. The number of nitrogen functional groups attached to an aromatic ring is 1. The average molecular weight is 271 g/mol.